The van der Waals surface area contributed by atoms with Crippen LogP contribution in [0.4, 0.5) is 0 Å². The van der Waals surface area contributed by atoms with E-state index in [1.807, 2.05) is 0 Å². The summed E-state index contributed by atoms with van der Waals surface area (Å²) in [6.45, 7) is 12.6. The van der Waals surface area contributed by atoms with Gasteiger partial charge < -0.3 is 29.7 Å². The number of aliphatic carboxylic acids is 1. The Kier molecular flexibility index (Phi) is 93.0. The molecule has 0 spiro atoms. The van der Waals surface area contributed by atoms with E-state index in [1.54, 1.807) is 0 Å². The van der Waals surface area contributed by atoms with Gasteiger partial charge in [0.05, 0.1) is 6.61 Å². The lowest BCUT2D eigenvalue weighted by Crippen LogP contribution is -2.65. The maximum Gasteiger partial charge on any atom is 0.338 e. The number of rotatable bonds is 102. The van der Waals surface area contributed by atoms with E-state index in [-0.39, 0.29) is 80.2 Å². The minimum Gasteiger partial charge on any atom is -0.479 e. The molecule has 15 nitrogen and oxygen atoms in total. The first-order valence-corrected chi connectivity index (χ1v) is 56.8. The predicted molar refractivity (Wildman–Crippen MR) is 533 cm³/mol. The van der Waals surface area contributed by atoms with Crippen LogP contribution < -0.4 is 5.32 Å². The van der Waals surface area contributed by atoms with Crippen molar-refractivity contribution in [2.45, 2.75) is 605 Å². The predicted octanol–water partition coefficient (Wildman–Crippen LogP) is 31.9. The maximum absolute atomic E-state index is 15.3. The number of ketones is 1. The van der Waals surface area contributed by atoms with E-state index in [4.69, 9.17) is 14.2 Å². The number of carbonyl (C=O) groups excluding carboxylic acids is 7. The van der Waals surface area contributed by atoms with Crippen molar-refractivity contribution in [2.75, 3.05) is 36.2 Å². The highest BCUT2D eigenvalue weighted by Crippen LogP contribution is 2.32. The Morgan fingerprint density at radius 3 is 0.816 bits per heavy atom. The number of amides is 3. The summed E-state index contributed by atoms with van der Waals surface area (Å²) in [6.07, 6.45) is 86.5. The van der Waals surface area contributed by atoms with Gasteiger partial charge in [0.1, 0.15) is 24.9 Å². The summed E-state index contributed by atoms with van der Waals surface area (Å²) in [5.41, 5.74) is -2.57. The van der Waals surface area contributed by atoms with E-state index in [0.717, 1.165) is 158 Å². The zero-order valence-corrected chi connectivity index (χ0v) is 84.7. The van der Waals surface area contributed by atoms with Crippen molar-refractivity contribution >= 4 is 70.9 Å². The molecule has 0 aromatic rings. The smallest absolute Gasteiger partial charge is 0.338 e. The summed E-state index contributed by atoms with van der Waals surface area (Å²) in [7, 11) is 0. The molecule has 0 aromatic carbocycles. The molecule has 0 aliphatic rings. The van der Waals surface area contributed by atoms with Crippen molar-refractivity contribution in [3.63, 3.8) is 0 Å². The Labute approximate surface area is 780 Å². The van der Waals surface area contributed by atoms with E-state index < -0.39 is 65.7 Å². The number of imide groups is 1. The van der Waals surface area contributed by atoms with Crippen molar-refractivity contribution in [1.29, 1.82) is 0 Å². The van der Waals surface area contributed by atoms with E-state index >= 15 is 14.4 Å². The molecular formula is C108H204N2O13S2. The molecule has 0 fully saturated rings. The Morgan fingerprint density at radius 1 is 0.288 bits per heavy atom. The number of Topliss-reactive ketones (excluding diaryl/α,β-unsaturated/α-hetero) is 1. The lowest BCUT2D eigenvalue weighted by Gasteiger charge is -2.38. The summed E-state index contributed by atoms with van der Waals surface area (Å²) >= 11 is 2.22. The molecule has 3 N–H and O–H groups in total. The fourth-order valence-corrected chi connectivity index (χ4v) is 19.7. The number of aliphatic hydroxyl groups excluding tert-OH is 1. The summed E-state index contributed by atoms with van der Waals surface area (Å²) < 4.78 is 18.1. The molecule has 0 saturated carbocycles. The minimum atomic E-state index is -2.57. The van der Waals surface area contributed by atoms with Crippen molar-refractivity contribution in [1.82, 2.24) is 10.2 Å². The number of esters is 3. The molecule has 0 aliphatic carbocycles. The molecule has 17 heteroatoms. The Hall–Kier alpha value is -3.18. The molecule has 0 saturated heterocycles. The van der Waals surface area contributed by atoms with Gasteiger partial charge in [-0.2, -0.15) is 23.5 Å². The van der Waals surface area contributed by atoms with Crippen molar-refractivity contribution in [3.8, 4) is 0 Å². The molecule has 4 atom stereocenters. The van der Waals surface area contributed by atoms with Crippen LogP contribution in [0.25, 0.3) is 0 Å². The van der Waals surface area contributed by atoms with Gasteiger partial charge in [0, 0.05) is 61.5 Å². The van der Waals surface area contributed by atoms with E-state index in [1.165, 1.54) is 326 Å². The fraction of sp³-hybridized carbons (Fsp3) is 0.926. The topological polar surface area (TPSA) is 220 Å². The second-order valence-corrected chi connectivity index (χ2v) is 40.0. The Bertz CT molecular complexity index is 2390. The van der Waals surface area contributed by atoms with E-state index in [9.17, 15) is 34.2 Å². The van der Waals surface area contributed by atoms with Crippen LogP contribution in [0.2, 0.25) is 0 Å². The van der Waals surface area contributed by atoms with Gasteiger partial charge >= 0.3 is 23.9 Å². The third-order valence-electron chi connectivity index (χ3n) is 25.7. The molecule has 0 heterocycles. The lowest BCUT2D eigenvalue weighted by molar-refractivity contribution is -0.169. The van der Waals surface area contributed by atoms with Crippen LogP contribution in [0.1, 0.15) is 581 Å². The summed E-state index contributed by atoms with van der Waals surface area (Å²) in [6, 6.07) is -1.23. The van der Waals surface area contributed by atoms with Crippen molar-refractivity contribution in [2.24, 2.45) is 0 Å². The standard InChI is InChI=1S/C108H204N2O13S2/c1-7-13-19-25-31-37-43-49-55-61-67-73-79-85-100(112)108(107(119)120,110(102(114)87-81-75-69-63-57-51-45-39-33-27-21-15-9-3)103(115)88-82-76-70-64-58-52-46-40-34-28-22-16-10-4)96-125-93-97(91-111)123-106(118)99(109-101(113)86-80-74-68-62-56-50-44-38-32-26-20-14-8-2)95-124-94-98(122-105(117)90-84-78-72-66-60-54-48-42-36-30-24-18-12-6)92-121-104(116)89-83-77-71-65-59-53-47-41-35-29-23-17-11-5/h97-99,111H,7-96H2,1-6H3,(H,109,113)(H,119,120)/t97-,98?,99?,108-/m1/s1. The zero-order chi connectivity index (χ0) is 91.3. The van der Waals surface area contributed by atoms with Crippen LogP contribution in [0, 0.1) is 0 Å². The van der Waals surface area contributed by atoms with Crippen LogP contribution in [-0.2, 0) is 52.6 Å². The third kappa shape index (κ3) is 77.0. The van der Waals surface area contributed by atoms with Gasteiger partial charge in [-0.25, -0.2) is 9.59 Å². The third-order valence-corrected chi connectivity index (χ3v) is 28.1. The average Bonchev–Trinajstić information content (AvgIpc) is 0.764. The molecule has 0 bridgehead atoms. The molecule has 2 unspecified atom stereocenters. The van der Waals surface area contributed by atoms with Crippen LogP contribution in [0.15, 0.2) is 0 Å². The minimum absolute atomic E-state index is 0.0121. The summed E-state index contributed by atoms with van der Waals surface area (Å²) in [5, 5.41) is 25.9. The lowest BCUT2D eigenvalue weighted by atomic mass is 9.88. The number of nitrogens with zero attached hydrogens (tertiary/aromatic N) is 1. The molecular weight excluding hydrogens is 1600 g/mol. The number of unbranched alkanes of at least 4 members (excludes halogenated alkanes) is 72. The molecule has 0 rings (SSSR count). The number of hydrogen-bond acceptors (Lipinski definition) is 14. The normalized spacial score (nSPS) is 12.8. The summed E-state index contributed by atoms with van der Waals surface area (Å²) in [5.74, 6) is -6.08. The highest BCUT2D eigenvalue weighted by molar-refractivity contribution is 7.99. The molecule has 0 radical (unpaired) electrons. The fourth-order valence-electron chi connectivity index (χ4n) is 17.4. The van der Waals surface area contributed by atoms with Crippen LogP contribution in [0.5, 0.6) is 0 Å². The van der Waals surface area contributed by atoms with Gasteiger partial charge in [-0.05, 0) is 38.5 Å². The number of hydrogen-bond donors (Lipinski definition) is 3. The van der Waals surface area contributed by atoms with Crippen LogP contribution >= 0.6 is 23.5 Å². The number of carbonyl (C=O) groups is 8. The number of carboxylic acids is 1. The Morgan fingerprint density at radius 2 is 0.536 bits per heavy atom. The highest BCUT2D eigenvalue weighted by atomic mass is 32.2. The molecule has 125 heavy (non-hydrogen) atoms. The second-order valence-electron chi connectivity index (χ2n) is 37.9. The van der Waals surface area contributed by atoms with Gasteiger partial charge in [0.25, 0.3) is 0 Å². The van der Waals surface area contributed by atoms with Gasteiger partial charge in [-0.3, -0.25) is 33.7 Å². The number of carboxylic acid groups (broad SMARTS) is 1. The molecule has 736 valence electrons. The molecule has 0 aromatic heterocycles. The highest BCUT2D eigenvalue weighted by Gasteiger charge is 2.55. The first kappa shape index (κ1) is 122. The van der Waals surface area contributed by atoms with Gasteiger partial charge in [0.15, 0.2) is 5.78 Å². The largest absolute Gasteiger partial charge is 0.479 e. The van der Waals surface area contributed by atoms with E-state index in [0.29, 0.717) is 44.9 Å². The zero-order valence-electron chi connectivity index (χ0n) is 83.0. The van der Waals surface area contributed by atoms with Crippen molar-refractivity contribution < 1.29 is 62.8 Å². The van der Waals surface area contributed by atoms with Gasteiger partial charge in [0.2, 0.25) is 23.3 Å². The average molecular weight is 1800 g/mol. The van der Waals surface area contributed by atoms with Crippen LogP contribution in [0.3, 0.4) is 0 Å². The maximum atomic E-state index is 15.3. The first-order valence-electron chi connectivity index (χ1n) is 54.5. The quantitative estimate of drug-likeness (QED) is 0.0223. The van der Waals surface area contributed by atoms with E-state index in [2.05, 4.69) is 46.9 Å². The monoisotopic (exact) mass is 1800 g/mol. The Balaban J connectivity index is 7.10. The molecule has 3 amide bonds. The van der Waals surface area contributed by atoms with Gasteiger partial charge in [-0.1, -0.05) is 504 Å². The second kappa shape index (κ2) is 95.4. The number of aliphatic hydroxyl groups is 1. The number of nitrogens with one attached hydrogen (secondary N) is 1. The molecule has 0 aliphatic heterocycles. The summed E-state index contributed by atoms with van der Waals surface area (Å²) in [4.78, 5) is 117. The SMILES string of the molecule is CCCCCCCCCCCCCCCC(=O)NC(CSCC(COC(=O)CCCCCCCCCCCCCCC)OC(=O)CCCCCCCCCCCCCCC)C(=O)O[C@H](CO)CSC[C@](C(=O)O)(C(=O)CCCCCCCCCCCCCCC)N(C(=O)CCCCCCCCCCCCCCC)C(=O)CCCCCCCCCCCCCCC. The van der Waals surface area contributed by atoms with Crippen LogP contribution in [-0.4, -0.2) is 123 Å². The van der Waals surface area contributed by atoms with Gasteiger partial charge in [-0.15, -0.1) is 0 Å². The van der Waals surface area contributed by atoms with Crippen molar-refractivity contribution in [3.05, 3.63) is 0 Å². The first-order chi connectivity index (χ1) is 61.2. The number of thioether (sulfide) groups is 2. The number of ether oxygens (including phenoxy) is 3.